The van der Waals surface area contributed by atoms with Gasteiger partial charge in [0.05, 0.1) is 5.71 Å². The first kappa shape index (κ1) is 17.8. The van der Waals surface area contributed by atoms with Crippen LogP contribution in [0.25, 0.3) is 11.1 Å². The number of halogens is 1. The zero-order valence-corrected chi connectivity index (χ0v) is 15.8. The van der Waals surface area contributed by atoms with Crippen molar-refractivity contribution in [1.29, 1.82) is 0 Å². The first-order valence-corrected chi connectivity index (χ1v) is 9.80. The van der Waals surface area contributed by atoms with Crippen molar-refractivity contribution in [2.24, 2.45) is 5.16 Å². The van der Waals surface area contributed by atoms with Crippen molar-refractivity contribution >= 4 is 22.7 Å². The summed E-state index contributed by atoms with van der Waals surface area (Å²) in [6.45, 7) is 1.24. The molecule has 1 saturated heterocycles. The number of carbonyl (C=O) groups excluding carboxylic acids is 1. The lowest BCUT2D eigenvalue weighted by Crippen LogP contribution is -2.43. The molecular formula is C22H20FN3O3. The molecule has 0 N–H and O–H groups in total. The van der Waals surface area contributed by atoms with E-state index in [1.807, 2.05) is 29.2 Å². The van der Waals surface area contributed by atoms with Crippen LogP contribution >= 0.6 is 0 Å². The molecule has 148 valence electrons. The average molecular weight is 393 g/mol. The standard InChI is InChI=1S/C22H20FN3O3/c23-16-5-3-4-15(12-16)18-13-20(29-25-18)22(27)26-10-8-14(9-11-26)21-24-17-6-1-2-7-19(17)28-21/h1-7,12,14,20H,8-11,13H2/t20-/m1/s1. The fourth-order valence-electron chi connectivity index (χ4n) is 3.96. The molecule has 5 rings (SSSR count). The number of rotatable bonds is 3. The number of aromatic nitrogens is 1. The highest BCUT2D eigenvalue weighted by Crippen LogP contribution is 2.31. The molecule has 0 aliphatic carbocycles. The number of nitrogens with zero attached hydrogens (tertiary/aromatic N) is 3. The number of oxazole rings is 1. The number of fused-ring (bicyclic) bond motifs is 1. The molecule has 3 heterocycles. The van der Waals surface area contributed by atoms with Crippen LogP contribution in [-0.4, -0.2) is 40.7 Å². The van der Waals surface area contributed by atoms with E-state index >= 15 is 0 Å². The Kier molecular flexibility index (Phi) is 4.50. The highest BCUT2D eigenvalue weighted by atomic mass is 19.1. The number of para-hydroxylation sites is 2. The lowest BCUT2D eigenvalue weighted by molar-refractivity contribution is -0.143. The summed E-state index contributed by atoms with van der Waals surface area (Å²) in [5, 5.41) is 4.01. The maximum atomic E-state index is 13.4. The Bertz CT molecular complexity index is 1050. The molecule has 0 unspecified atom stereocenters. The van der Waals surface area contributed by atoms with E-state index in [0.29, 0.717) is 30.8 Å². The van der Waals surface area contributed by atoms with Gasteiger partial charge in [0.15, 0.2) is 11.5 Å². The van der Waals surface area contributed by atoms with Gasteiger partial charge in [-0.05, 0) is 37.1 Å². The summed E-state index contributed by atoms with van der Waals surface area (Å²) in [5.41, 5.74) is 2.91. The molecule has 6 nitrogen and oxygen atoms in total. The number of carbonyl (C=O) groups is 1. The maximum Gasteiger partial charge on any atom is 0.266 e. The van der Waals surface area contributed by atoms with Crippen molar-refractivity contribution in [2.45, 2.75) is 31.3 Å². The van der Waals surface area contributed by atoms with Crippen molar-refractivity contribution in [1.82, 2.24) is 9.88 Å². The largest absolute Gasteiger partial charge is 0.440 e. The summed E-state index contributed by atoms with van der Waals surface area (Å²) >= 11 is 0. The molecule has 0 bridgehead atoms. The van der Waals surface area contributed by atoms with Crippen LogP contribution in [0.15, 0.2) is 58.1 Å². The molecule has 7 heteroatoms. The normalized spacial score (nSPS) is 20.0. The zero-order valence-electron chi connectivity index (χ0n) is 15.8. The predicted molar refractivity (Wildman–Crippen MR) is 105 cm³/mol. The van der Waals surface area contributed by atoms with Gasteiger partial charge >= 0.3 is 0 Å². The molecule has 0 saturated carbocycles. The molecule has 29 heavy (non-hydrogen) atoms. The third-order valence-corrected chi connectivity index (χ3v) is 5.57. The summed E-state index contributed by atoms with van der Waals surface area (Å²) in [5.74, 6) is 0.541. The Morgan fingerprint density at radius 1 is 1.10 bits per heavy atom. The van der Waals surface area contributed by atoms with Gasteiger partial charge in [-0.3, -0.25) is 4.79 Å². The van der Waals surface area contributed by atoms with Crippen LogP contribution in [0.3, 0.4) is 0 Å². The molecule has 1 aromatic heterocycles. The second kappa shape index (κ2) is 7.31. The Balaban J connectivity index is 1.19. The van der Waals surface area contributed by atoms with E-state index in [1.54, 1.807) is 12.1 Å². The van der Waals surface area contributed by atoms with E-state index in [4.69, 9.17) is 9.25 Å². The molecular weight excluding hydrogens is 373 g/mol. The maximum absolute atomic E-state index is 13.4. The van der Waals surface area contributed by atoms with Gasteiger partial charge in [-0.2, -0.15) is 0 Å². The van der Waals surface area contributed by atoms with E-state index < -0.39 is 6.10 Å². The fraction of sp³-hybridized carbons (Fsp3) is 0.318. The van der Waals surface area contributed by atoms with Gasteiger partial charge in [0.25, 0.3) is 5.91 Å². The third-order valence-electron chi connectivity index (χ3n) is 5.57. The fourth-order valence-corrected chi connectivity index (χ4v) is 3.96. The molecule has 2 aliphatic heterocycles. The van der Waals surface area contributed by atoms with Crippen LogP contribution in [0.5, 0.6) is 0 Å². The van der Waals surface area contributed by atoms with E-state index in [-0.39, 0.29) is 17.6 Å². The first-order chi connectivity index (χ1) is 14.2. The molecule has 0 spiro atoms. The summed E-state index contributed by atoms with van der Waals surface area (Å²) in [4.78, 5) is 24.6. The van der Waals surface area contributed by atoms with Crippen molar-refractivity contribution in [3.8, 4) is 0 Å². The minimum Gasteiger partial charge on any atom is -0.440 e. The molecule has 2 aromatic carbocycles. The Morgan fingerprint density at radius 3 is 2.72 bits per heavy atom. The molecule has 1 amide bonds. The number of hydrogen-bond acceptors (Lipinski definition) is 5. The van der Waals surface area contributed by atoms with Crippen LogP contribution in [0.2, 0.25) is 0 Å². The Labute approximate surface area is 167 Å². The van der Waals surface area contributed by atoms with E-state index in [0.717, 1.165) is 29.8 Å². The van der Waals surface area contributed by atoms with Gasteiger partial charge in [-0.25, -0.2) is 9.37 Å². The number of benzene rings is 2. The first-order valence-electron chi connectivity index (χ1n) is 9.80. The van der Waals surface area contributed by atoms with E-state index in [1.165, 1.54) is 12.1 Å². The van der Waals surface area contributed by atoms with Crippen LogP contribution in [0.4, 0.5) is 4.39 Å². The van der Waals surface area contributed by atoms with Gasteiger partial charge in [0.2, 0.25) is 6.10 Å². The average Bonchev–Trinajstić information content (AvgIpc) is 3.41. The van der Waals surface area contributed by atoms with Crippen LogP contribution in [0, 0.1) is 5.82 Å². The van der Waals surface area contributed by atoms with Gasteiger partial charge in [0, 0.05) is 31.0 Å². The summed E-state index contributed by atoms with van der Waals surface area (Å²) in [6.07, 6.45) is 1.30. The summed E-state index contributed by atoms with van der Waals surface area (Å²) in [7, 11) is 0. The number of amides is 1. The van der Waals surface area contributed by atoms with E-state index in [2.05, 4.69) is 10.1 Å². The molecule has 3 aromatic rings. The monoisotopic (exact) mass is 393 g/mol. The number of oxime groups is 1. The number of piperidine rings is 1. The van der Waals surface area contributed by atoms with Crippen molar-refractivity contribution < 1.29 is 18.4 Å². The molecule has 0 radical (unpaired) electrons. The SMILES string of the molecule is O=C([C@H]1CC(c2cccc(F)c2)=NO1)N1CCC(c2nc3ccccc3o2)CC1. The van der Waals surface area contributed by atoms with Crippen molar-refractivity contribution in [2.75, 3.05) is 13.1 Å². The quantitative estimate of drug-likeness (QED) is 0.678. The van der Waals surface area contributed by atoms with Crippen LogP contribution < -0.4 is 0 Å². The number of likely N-dealkylation sites (tertiary alicyclic amines) is 1. The van der Waals surface area contributed by atoms with Gasteiger partial charge in [-0.15, -0.1) is 0 Å². The predicted octanol–water partition coefficient (Wildman–Crippen LogP) is 3.87. The molecule has 2 aliphatic rings. The minimum absolute atomic E-state index is 0.0730. The van der Waals surface area contributed by atoms with E-state index in [9.17, 15) is 9.18 Å². The van der Waals surface area contributed by atoms with Crippen LogP contribution in [-0.2, 0) is 9.63 Å². The summed E-state index contributed by atoms with van der Waals surface area (Å²) in [6, 6.07) is 13.9. The smallest absolute Gasteiger partial charge is 0.266 e. The molecule has 1 atom stereocenters. The van der Waals surface area contributed by atoms with Crippen LogP contribution in [0.1, 0.15) is 36.6 Å². The van der Waals surface area contributed by atoms with Gasteiger partial charge in [0.1, 0.15) is 11.3 Å². The van der Waals surface area contributed by atoms with Crippen molar-refractivity contribution in [3.05, 3.63) is 65.8 Å². The Hall–Kier alpha value is -3.22. The minimum atomic E-state index is -0.644. The second-order valence-corrected chi connectivity index (χ2v) is 7.47. The zero-order chi connectivity index (χ0) is 19.8. The lowest BCUT2D eigenvalue weighted by Gasteiger charge is -2.31. The number of hydrogen-bond donors (Lipinski definition) is 0. The Morgan fingerprint density at radius 2 is 1.93 bits per heavy atom. The van der Waals surface area contributed by atoms with Crippen molar-refractivity contribution in [3.63, 3.8) is 0 Å². The molecule has 1 fully saturated rings. The lowest BCUT2D eigenvalue weighted by atomic mass is 9.96. The third kappa shape index (κ3) is 3.48. The topological polar surface area (TPSA) is 67.9 Å². The summed E-state index contributed by atoms with van der Waals surface area (Å²) < 4.78 is 19.3. The highest BCUT2D eigenvalue weighted by molar-refractivity contribution is 6.04. The van der Waals surface area contributed by atoms with Gasteiger partial charge in [-0.1, -0.05) is 29.4 Å². The highest BCUT2D eigenvalue weighted by Gasteiger charge is 2.35. The van der Waals surface area contributed by atoms with Gasteiger partial charge < -0.3 is 14.2 Å². The second-order valence-electron chi connectivity index (χ2n) is 7.47.